The van der Waals surface area contributed by atoms with Gasteiger partial charge in [-0.1, -0.05) is 122 Å². The van der Waals surface area contributed by atoms with Gasteiger partial charge in [0.15, 0.2) is 0 Å². The molecule has 0 saturated heterocycles. The molecule has 0 unspecified atom stereocenters. The van der Waals surface area contributed by atoms with E-state index in [1.54, 1.807) is 4.90 Å². The SMILES string of the molecule is CC[C@@H](C)NC(=O)[C@H](Cc1ccccc1)N(Cc1cccc(Cl)c1)C(=O)CC(c1ccccc1)c1ccccc1. The number of halogens is 1. The maximum atomic E-state index is 14.4. The first-order chi connectivity index (χ1) is 19.4. The van der Waals surface area contributed by atoms with Crippen molar-refractivity contribution in [3.05, 3.63) is 143 Å². The minimum absolute atomic E-state index is 0.00437. The summed E-state index contributed by atoms with van der Waals surface area (Å²) < 4.78 is 0. The van der Waals surface area contributed by atoms with E-state index in [0.29, 0.717) is 11.4 Å². The molecule has 0 aliphatic carbocycles. The van der Waals surface area contributed by atoms with Gasteiger partial charge in [-0.2, -0.15) is 0 Å². The van der Waals surface area contributed by atoms with E-state index in [1.165, 1.54) is 0 Å². The van der Waals surface area contributed by atoms with Crippen molar-refractivity contribution in [3.8, 4) is 0 Å². The summed E-state index contributed by atoms with van der Waals surface area (Å²) in [6.07, 6.45) is 1.45. The molecular weight excluding hydrogens is 516 g/mol. The van der Waals surface area contributed by atoms with E-state index >= 15 is 0 Å². The molecule has 0 fully saturated rings. The number of hydrogen-bond acceptors (Lipinski definition) is 2. The van der Waals surface area contributed by atoms with E-state index in [2.05, 4.69) is 29.6 Å². The lowest BCUT2D eigenvalue weighted by atomic mass is 9.87. The van der Waals surface area contributed by atoms with Crippen molar-refractivity contribution in [1.82, 2.24) is 10.2 Å². The normalized spacial score (nSPS) is 12.5. The standard InChI is InChI=1S/C35H37ClN2O2/c1-3-26(2)37-35(40)33(23-27-14-7-4-8-15-27)38(25-28-16-13-21-31(36)22-28)34(39)24-32(29-17-9-5-10-18-29)30-19-11-6-12-20-30/h4-22,26,32-33H,3,23-25H2,1-2H3,(H,37,40)/t26-,33+/m1/s1. The van der Waals surface area contributed by atoms with Crippen molar-refractivity contribution < 1.29 is 9.59 Å². The third-order valence-electron chi connectivity index (χ3n) is 7.30. The molecule has 0 aliphatic rings. The Bertz CT molecular complexity index is 1320. The van der Waals surface area contributed by atoms with Crippen LogP contribution in [0.3, 0.4) is 0 Å². The van der Waals surface area contributed by atoms with Gasteiger partial charge in [-0.15, -0.1) is 0 Å². The number of amides is 2. The Morgan fingerprint density at radius 1 is 0.775 bits per heavy atom. The fraction of sp³-hybridized carbons (Fsp3) is 0.257. The van der Waals surface area contributed by atoms with Gasteiger partial charge in [0, 0.05) is 36.4 Å². The molecule has 0 saturated carbocycles. The number of hydrogen-bond donors (Lipinski definition) is 1. The highest BCUT2D eigenvalue weighted by atomic mass is 35.5. The van der Waals surface area contributed by atoms with Crippen molar-refractivity contribution in [2.75, 3.05) is 0 Å². The number of carbonyl (C=O) groups excluding carboxylic acids is 2. The molecular formula is C35H37ClN2O2. The number of rotatable bonds is 12. The molecule has 206 valence electrons. The van der Waals surface area contributed by atoms with Crippen LogP contribution in [0.4, 0.5) is 0 Å². The minimum atomic E-state index is -0.685. The highest BCUT2D eigenvalue weighted by Gasteiger charge is 2.32. The molecule has 4 rings (SSSR count). The number of carbonyl (C=O) groups is 2. The molecule has 4 aromatic rings. The fourth-order valence-corrected chi connectivity index (χ4v) is 5.13. The van der Waals surface area contributed by atoms with E-state index in [9.17, 15) is 9.59 Å². The van der Waals surface area contributed by atoms with E-state index in [4.69, 9.17) is 11.6 Å². The van der Waals surface area contributed by atoms with Crippen molar-refractivity contribution in [2.45, 2.75) is 57.7 Å². The number of nitrogens with zero attached hydrogens (tertiary/aromatic N) is 1. The van der Waals surface area contributed by atoms with E-state index in [-0.39, 0.29) is 36.7 Å². The lowest BCUT2D eigenvalue weighted by Gasteiger charge is -2.33. The first kappa shape index (κ1) is 29.1. The van der Waals surface area contributed by atoms with Crippen LogP contribution in [-0.2, 0) is 22.6 Å². The monoisotopic (exact) mass is 552 g/mol. The Hall–Kier alpha value is -3.89. The largest absolute Gasteiger partial charge is 0.352 e. The maximum Gasteiger partial charge on any atom is 0.243 e. The van der Waals surface area contributed by atoms with Crippen LogP contribution in [-0.4, -0.2) is 28.8 Å². The zero-order chi connectivity index (χ0) is 28.3. The van der Waals surface area contributed by atoms with Gasteiger partial charge < -0.3 is 10.2 Å². The molecule has 0 bridgehead atoms. The molecule has 5 heteroatoms. The Morgan fingerprint density at radius 2 is 1.32 bits per heavy atom. The molecule has 1 N–H and O–H groups in total. The molecule has 2 atom stereocenters. The van der Waals surface area contributed by atoms with Gasteiger partial charge in [0.1, 0.15) is 6.04 Å². The number of benzene rings is 4. The van der Waals surface area contributed by atoms with Crippen LogP contribution >= 0.6 is 11.6 Å². The van der Waals surface area contributed by atoms with Crippen LogP contribution in [0.25, 0.3) is 0 Å². The van der Waals surface area contributed by atoms with Gasteiger partial charge in [-0.3, -0.25) is 9.59 Å². The molecule has 4 nitrogen and oxygen atoms in total. The third kappa shape index (κ3) is 8.06. The molecule has 0 radical (unpaired) electrons. The lowest BCUT2D eigenvalue weighted by Crippen LogP contribution is -2.52. The Labute approximate surface area is 243 Å². The number of nitrogens with one attached hydrogen (secondary N) is 1. The second-order valence-electron chi connectivity index (χ2n) is 10.3. The summed E-state index contributed by atoms with van der Waals surface area (Å²) in [6, 6.07) is 36.9. The predicted molar refractivity (Wildman–Crippen MR) is 163 cm³/mol. The third-order valence-corrected chi connectivity index (χ3v) is 7.53. The van der Waals surface area contributed by atoms with Gasteiger partial charge >= 0.3 is 0 Å². The zero-order valence-electron chi connectivity index (χ0n) is 23.2. The van der Waals surface area contributed by atoms with E-state index in [0.717, 1.165) is 28.7 Å². The first-order valence-corrected chi connectivity index (χ1v) is 14.3. The molecule has 4 aromatic carbocycles. The second-order valence-corrected chi connectivity index (χ2v) is 10.7. The molecule has 2 amide bonds. The lowest BCUT2D eigenvalue weighted by molar-refractivity contribution is -0.141. The van der Waals surface area contributed by atoms with Gasteiger partial charge in [0.2, 0.25) is 11.8 Å². The smallest absolute Gasteiger partial charge is 0.243 e. The first-order valence-electron chi connectivity index (χ1n) is 13.9. The van der Waals surface area contributed by atoms with Gasteiger partial charge in [0.25, 0.3) is 0 Å². The molecule has 0 spiro atoms. The van der Waals surface area contributed by atoms with Crippen molar-refractivity contribution in [3.63, 3.8) is 0 Å². The summed E-state index contributed by atoms with van der Waals surface area (Å²) in [5.74, 6) is -0.380. The second kappa shape index (κ2) is 14.5. The summed E-state index contributed by atoms with van der Waals surface area (Å²) in [6.45, 7) is 4.30. The van der Waals surface area contributed by atoms with Crippen molar-refractivity contribution in [1.29, 1.82) is 0 Å². The van der Waals surface area contributed by atoms with Crippen LogP contribution in [0.15, 0.2) is 115 Å². The quantitative estimate of drug-likeness (QED) is 0.199. The minimum Gasteiger partial charge on any atom is -0.352 e. The summed E-state index contributed by atoms with van der Waals surface area (Å²) in [7, 11) is 0. The highest BCUT2D eigenvalue weighted by molar-refractivity contribution is 6.30. The molecule has 0 heterocycles. The zero-order valence-corrected chi connectivity index (χ0v) is 23.9. The van der Waals surface area contributed by atoms with Gasteiger partial charge in [-0.05, 0) is 47.7 Å². The van der Waals surface area contributed by atoms with Crippen LogP contribution in [0, 0.1) is 0 Å². The average molecular weight is 553 g/mol. The highest BCUT2D eigenvalue weighted by Crippen LogP contribution is 2.30. The van der Waals surface area contributed by atoms with Crippen LogP contribution in [0.1, 0.15) is 54.9 Å². The van der Waals surface area contributed by atoms with Gasteiger partial charge in [0.05, 0.1) is 0 Å². The Kier molecular flexibility index (Phi) is 10.5. The fourth-order valence-electron chi connectivity index (χ4n) is 4.92. The average Bonchev–Trinajstić information content (AvgIpc) is 2.99. The van der Waals surface area contributed by atoms with Crippen LogP contribution in [0.5, 0.6) is 0 Å². The van der Waals surface area contributed by atoms with Crippen LogP contribution < -0.4 is 5.32 Å². The summed E-state index contributed by atoms with van der Waals surface area (Å²) in [5.41, 5.74) is 4.01. The van der Waals surface area contributed by atoms with E-state index < -0.39 is 6.04 Å². The summed E-state index contributed by atoms with van der Waals surface area (Å²) >= 11 is 6.33. The van der Waals surface area contributed by atoms with E-state index in [1.807, 2.05) is 105 Å². The molecule has 0 aliphatic heterocycles. The summed E-state index contributed by atoms with van der Waals surface area (Å²) in [4.78, 5) is 30.0. The maximum absolute atomic E-state index is 14.4. The van der Waals surface area contributed by atoms with Crippen molar-refractivity contribution in [2.24, 2.45) is 0 Å². The molecule has 0 aromatic heterocycles. The van der Waals surface area contributed by atoms with Gasteiger partial charge in [-0.25, -0.2) is 0 Å². The molecule has 40 heavy (non-hydrogen) atoms. The topological polar surface area (TPSA) is 49.4 Å². The Morgan fingerprint density at radius 3 is 1.88 bits per heavy atom. The summed E-state index contributed by atoms with van der Waals surface area (Å²) in [5, 5.41) is 3.74. The Balaban J connectivity index is 1.74. The van der Waals surface area contributed by atoms with Crippen molar-refractivity contribution >= 4 is 23.4 Å². The predicted octanol–water partition coefficient (Wildman–Crippen LogP) is 7.42. The van der Waals surface area contributed by atoms with Crippen LogP contribution in [0.2, 0.25) is 5.02 Å².